The number of hydrogen-bond acceptors (Lipinski definition) is 3. The molecule has 0 bridgehead atoms. The van der Waals surface area contributed by atoms with Gasteiger partial charge in [-0.05, 0) is 42.9 Å². The van der Waals surface area contributed by atoms with E-state index in [-0.39, 0.29) is 12.6 Å². The molecule has 0 saturated heterocycles. The number of benzene rings is 1. The lowest BCUT2D eigenvalue weighted by molar-refractivity contribution is -0.137. The maximum atomic E-state index is 12.9. The Morgan fingerprint density at radius 2 is 2.17 bits per heavy atom. The molecule has 1 aromatic rings. The van der Waals surface area contributed by atoms with Crippen LogP contribution in [0.5, 0.6) is 0 Å². The van der Waals surface area contributed by atoms with Crippen LogP contribution in [0.15, 0.2) is 18.2 Å². The van der Waals surface area contributed by atoms with Gasteiger partial charge in [-0.2, -0.15) is 24.9 Å². The predicted molar refractivity (Wildman–Crippen MR) is 90.9 cm³/mol. The summed E-state index contributed by atoms with van der Waals surface area (Å²) >= 11 is 7.84. The Hall–Kier alpha value is -1.08. The molecule has 2 atom stereocenters. The third-order valence-electron chi connectivity index (χ3n) is 3.98. The molecule has 0 aromatic heterocycles. The average Bonchev–Trinajstić information content (AvgIpc) is 2.53. The summed E-state index contributed by atoms with van der Waals surface area (Å²) in [5, 5.41) is -0.567. The largest absolute Gasteiger partial charge is 0.448 e. The maximum Gasteiger partial charge on any atom is 0.416 e. The van der Waals surface area contributed by atoms with Gasteiger partial charge in [-0.25, -0.2) is 4.79 Å². The molecule has 2 rings (SSSR count). The van der Waals surface area contributed by atoms with Gasteiger partial charge in [0.15, 0.2) is 0 Å². The maximum absolute atomic E-state index is 12.9. The topological polar surface area (TPSA) is 29.5 Å². The SMILES string of the molecule is CC[C@@H]1C[C@H](Cl)c2cc(C(F)(F)F)ccc2N1C(=O)OCCSC. The van der Waals surface area contributed by atoms with Crippen molar-refractivity contribution in [2.75, 3.05) is 23.5 Å². The highest BCUT2D eigenvalue weighted by atomic mass is 35.5. The fraction of sp³-hybridized carbons (Fsp3) is 0.562. The Morgan fingerprint density at radius 3 is 2.75 bits per heavy atom. The molecular weight excluding hydrogens is 363 g/mol. The zero-order valence-electron chi connectivity index (χ0n) is 13.4. The third kappa shape index (κ3) is 4.11. The lowest BCUT2D eigenvalue weighted by atomic mass is 9.92. The zero-order chi connectivity index (χ0) is 17.9. The van der Waals surface area contributed by atoms with E-state index in [1.54, 1.807) is 11.8 Å². The molecular formula is C16H19ClF3NO2S. The molecule has 1 aliphatic heterocycles. The molecule has 1 heterocycles. The quantitative estimate of drug-likeness (QED) is 0.511. The van der Waals surface area contributed by atoms with Gasteiger partial charge in [0.2, 0.25) is 0 Å². The van der Waals surface area contributed by atoms with E-state index in [1.165, 1.54) is 11.0 Å². The van der Waals surface area contributed by atoms with E-state index in [1.807, 2.05) is 13.2 Å². The van der Waals surface area contributed by atoms with Gasteiger partial charge in [0.1, 0.15) is 6.61 Å². The highest BCUT2D eigenvalue weighted by Gasteiger charge is 2.38. The average molecular weight is 382 g/mol. The Morgan fingerprint density at radius 1 is 1.46 bits per heavy atom. The fourth-order valence-corrected chi connectivity index (χ4v) is 3.38. The first-order chi connectivity index (χ1) is 11.3. The van der Waals surface area contributed by atoms with Gasteiger partial charge in [0.25, 0.3) is 0 Å². The second-order valence-corrected chi connectivity index (χ2v) is 7.03. The van der Waals surface area contributed by atoms with E-state index < -0.39 is 23.2 Å². The number of anilines is 1. The lowest BCUT2D eigenvalue weighted by Gasteiger charge is -2.38. The molecule has 24 heavy (non-hydrogen) atoms. The summed E-state index contributed by atoms with van der Waals surface area (Å²) in [4.78, 5) is 13.9. The summed E-state index contributed by atoms with van der Waals surface area (Å²) in [5.74, 6) is 0.661. The molecule has 1 aromatic carbocycles. The van der Waals surface area contributed by atoms with Crippen LogP contribution in [0.2, 0.25) is 0 Å². The lowest BCUT2D eigenvalue weighted by Crippen LogP contribution is -2.44. The Bertz CT molecular complexity index is 597. The minimum Gasteiger partial charge on any atom is -0.448 e. The van der Waals surface area contributed by atoms with Crippen LogP contribution in [0.3, 0.4) is 0 Å². The molecule has 0 N–H and O–H groups in total. The summed E-state index contributed by atoms with van der Waals surface area (Å²) in [6.07, 6.45) is -2.06. The summed E-state index contributed by atoms with van der Waals surface area (Å²) < 4.78 is 44.1. The van der Waals surface area contributed by atoms with Crippen molar-refractivity contribution in [2.45, 2.75) is 37.4 Å². The molecule has 1 amide bonds. The third-order valence-corrected chi connectivity index (χ3v) is 4.97. The van der Waals surface area contributed by atoms with Crippen LogP contribution in [-0.2, 0) is 10.9 Å². The number of ether oxygens (including phenoxy) is 1. The first-order valence-corrected chi connectivity index (χ1v) is 9.42. The molecule has 8 heteroatoms. The van der Waals surface area contributed by atoms with Crippen LogP contribution in [0, 0.1) is 0 Å². The number of fused-ring (bicyclic) bond motifs is 1. The number of rotatable bonds is 4. The van der Waals surface area contributed by atoms with Crippen molar-refractivity contribution in [3.8, 4) is 0 Å². The van der Waals surface area contributed by atoms with Crippen molar-refractivity contribution in [2.24, 2.45) is 0 Å². The first-order valence-electron chi connectivity index (χ1n) is 7.59. The van der Waals surface area contributed by atoms with Gasteiger partial charge < -0.3 is 4.74 Å². The van der Waals surface area contributed by atoms with Gasteiger partial charge in [-0.1, -0.05) is 6.92 Å². The first kappa shape index (κ1) is 19.2. The molecule has 0 radical (unpaired) electrons. The van der Waals surface area contributed by atoms with E-state index in [9.17, 15) is 18.0 Å². The van der Waals surface area contributed by atoms with Crippen LogP contribution >= 0.6 is 23.4 Å². The van der Waals surface area contributed by atoms with Crippen molar-refractivity contribution < 1.29 is 22.7 Å². The number of carbonyl (C=O) groups is 1. The fourth-order valence-electron chi connectivity index (χ4n) is 2.75. The van der Waals surface area contributed by atoms with Crippen molar-refractivity contribution in [1.29, 1.82) is 0 Å². The number of halogens is 4. The van der Waals surface area contributed by atoms with Gasteiger partial charge in [-0.15, -0.1) is 11.6 Å². The molecule has 0 saturated carbocycles. The number of amides is 1. The van der Waals surface area contributed by atoms with Gasteiger partial charge >= 0.3 is 12.3 Å². The Kier molecular flexibility index (Phi) is 6.31. The standard InChI is InChI=1S/C16H19ClF3NO2S/c1-3-11-9-13(17)12-8-10(16(18,19)20)4-5-14(12)21(11)15(22)23-6-7-24-2/h4-5,8,11,13H,3,6-7,9H2,1-2H3/t11-,13+/m1/s1. The van der Waals surface area contributed by atoms with Crippen molar-refractivity contribution in [3.05, 3.63) is 29.3 Å². The van der Waals surface area contributed by atoms with E-state index in [2.05, 4.69) is 0 Å². The number of thioether (sulfide) groups is 1. The van der Waals surface area contributed by atoms with Crippen LogP contribution < -0.4 is 4.90 Å². The van der Waals surface area contributed by atoms with E-state index in [0.717, 1.165) is 12.1 Å². The van der Waals surface area contributed by atoms with Gasteiger partial charge in [-0.3, -0.25) is 4.90 Å². The summed E-state index contributed by atoms with van der Waals surface area (Å²) in [6, 6.07) is 3.12. The monoisotopic (exact) mass is 381 g/mol. The number of hydrogen-bond donors (Lipinski definition) is 0. The number of alkyl halides is 4. The summed E-state index contributed by atoms with van der Waals surface area (Å²) in [5.41, 5.74) is -0.0502. The number of nitrogens with zero attached hydrogens (tertiary/aromatic N) is 1. The zero-order valence-corrected chi connectivity index (χ0v) is 15.0. The molecule has 0 aliphatic carbocycles. The van der Waals surface area contributed by atoms with Gasteiger partial charge in [0.05, 0.1) is 16.6 Å². The highest BCUT2D eigenvalue weighted by Crippen LogP contribution is 2.44. The summed E-state index contributed by atoms with van der Waals surface area (Å²) in [6.45, 7) is 2.17. The minimum atomic E-state index is -4.45. The Labute approximate surface area is 148 Å². The Balaban J connectivity index is 2.37. The van der Waals surface area contributed by atoms with Gasteiger partial charge in [0, 0.05) is 11.8 Å². The second kappa shape index (κ2) is 7.87. The van der Waals surface area contributed by atoms with Crippen LogP contribution in [-0.4, -0.2) is 30.8 Å². The molecule has 1 aliphatic rings. The molecule has 3 nitrogen and oxygen atoms in total. The second-order valence-electron chi connectivity index (χ2n) is 5.51. The minimum absolute atomic E-state index is 0.196. The predicted octanol–water partition coefficient (Wildman–Crippen LogP) is 5.47. The molecule has 0 fully saturated rings. The van der Waals surface area contributed by atoms with Crippen LogP contribution in [0.25, 0.3) is 0 Å². The highest BCUT2D eigenvalue weighted by molar-refractivity contribution is 7.98. The molecule has 0 spiro atoms. The van der Waals surface area contributed by atoms with Crippen LogP contribution in [0.1, 0.15) is 36.3 Å². The smallest absolute Gasteiger partial charge is 0.416 e. The molecule has 0 unspecified atom stereocenters. The van der Waals surface area contributed by atoms with Crippen molar-refractivity contribution in [3.63, 3.8) is 0 Å². The summed E-state index contributed by atoms with van der Waals surface area (Å²) in [7, 11) is 0. The van der Waals surface area contributed by atoms with Crippen molar-refractivity contribution in [1.82, 2.24) is 0 Å². The molecule has 134 valence electrons. The van der Waals surface area contributed by atoms with E-state index >= 15 is 0 Å². The van der Waals surface area contributed by atoms with E-state index in [4.69, 9.17) is 16.3 Å². The van der Waals surface area contributed by atoms with E-state index in [0.29, 0.717) is 29.8 Å². The van der Waals surface area contributed by atoms with Crippen molar-refractivity contribution >= 4 is 35.1 Å². The number of carbonyl (C=O) groups excluding carboxylic acids is 1. The normalized spacial score (nSPS) is 20.7. The van der Waals surface area contributed by atoms with Crippen LogP contribution in [0.4, 0.5) is 23.7 Å².